The minimum absolute atomic E-state index is 0.000741. The molecule has 2 aromatic carbocycles. The van der Waals surface area contributed by atoms with Crippen LogP contribution in [0.5, 0.6) is 0 Å². The molecule has 0 fully saturated rings. The fourth-order valence-corrected chi connectivity index (χ4v) is 6.25. The predicted octanol–water partition coefficient (Wildman–Crippen LogP) is 4.50. The first-order valence-electron chi connectivity index (χ1n) is 15.6. The number of esters is 4. The standard InChI is InChI=1S/C35H36N4O12/c1-18-26(32(40)48-5)30(22-12-7-9-14-24(22)38(44)45)28(20(3)36-18)34(42)50-16-11-17-51-35(43)29-21(4)37-19(2)27(33(41)49-6)31(29)23-13-8-10-15-25(23)39(46)47/h7-10,12-15,30-31,36-37H,11,16-17H2,1-6H3. The third kappa shape index (κ3) is 7.64. The highest BCUT2D eigenvalue weighted by molar-refractivity contribution is 6.01. The van der Waals surface area contributed by atoms with Gasteiger partial charge in [-0.2, -0.15) is 0 Å². The summed E-state index contributed by atoms with van der Waals surface area (Å²) in [7, 11) is 2.31. The summed E-state index contributed by atoms with van der Waals surface area (Å²) in [5.74, 6) is -5.74. The number of nitro benzene ring substituents is 2. The van der Waals surface area contributed by atoms with Crippen LogP contribution >= 0.6 is 0 Å². The lowest BCUT2D eigenvalue weighted by atomic mass is 9.79. The van der Waals surface area contributed by atoms with Crippen LogP contribution in [0.1, 0.15) is 57.1 Å². The van der Waals surface area contributed by atoms with Crippen LogP contribution < -0.4 is 10.6 Å². The first-order valence-corrected chi connectivity index (χ1v) is 15.6. The van der Waals surface area contributed by atoms with Gasteiger partial charge in [0, 0.05) is 52.5 Å². The van der Waals surface area contributed by atoms with Crippen molar-refractivity contribution in [1.82, 2.24) is 10.6 Å². The minimum Gasteiger partial charge on any atom is -0.466 e. The second-order valence-electron chi connectivity index (χ2n) is 11.5. The third-order valence-corrected chi connectivity index (χ3v) is 8.42. The van der Waals surface area contributed by atoms with Gasteiger partial charge in [0.05, 0.1) is 71.4 Å². The van der Waals surface area contributed by atoms with E-state index in [1.807, 2.05) is 0 Å². The number of nitro groups is 2. The number of para-hydroxylation sites is 2. The topological polar surface area (TPSA) is 216 Å². The Bertz CT molecular complexity index is 1800. The zero-order chi connectivity index (χ0) is 37.6. The number of rotatable bonds is 12. The van der Waals surface area contributed by atoms with Gasteiger partial charge >= 0.3 is 23.9 Å². The van der Waals surface area contributed by atoms with E-state index in [1.54, 1.807) is 39.8 Å². The number of carbonyl (C=O) groups is 4. The number of methoxy groups -OCH3 is 2. The highest BCUT2D eigenvalue weighted by Crippen LogP contribution is 2.44. The Kier molecular flexibility index (Phi) is 11.7. The number of benzene rings is 2. The molecule has 2 N–H and O–H groups in total. The van der Waals surface area contributed by atoms with Crippen molar-refractivity contribution in [2.75, 3.05) is 27.4 Å². The monoisotopic (exact) mass is 704 g/mol. The number of dihydropyridines is 2. The average molecular weight is 705 g/mol. The lowest BCUT2D eigenvalue weighted by molar-refractivity contribution is -0.385. The van der Waals surface area contributed by atoms with Crippen molar-refractivity contribution >= 4 is 35.3 Å². The molecule has 2 aliphatic rings. The molecule has 2 atom stereocenters. The molecule has 51 heavy (non-hydrogen) atoms. The molecule has 268 valence electrons. The second-order valence-corrected chi connectivity index (χ2v) is 11.5. The van der Waals surface area contributed by atoms with E-state index < -0.39 is 45.6 Å². The van der Waals surface area contributed by atoms with Crippen molar-refractivity contribution in [1.29, 1.82) is 0 Å². The number of ether oxygens (including phenoxy) is 4. The highest BCUT2D eigenvalue weighted by Gasteiger charge is 2.42. The average Bonchev–Trinajstić information content (AvgIpc) is 3.09. The Morgan fingerprint density at radius 3 is 1.22 bits per heavy atom. The molecular weight excluding hydrogens is 668 g/mol. The van der Waals surface area contributed by atoms with Gasteiger partial charge in [0.1, 0.15) is 0 Å². The second kappa shape index (κ2) is 15.9. The van der Waals surface area contributed by atoms with Gasteiger partial charge in [0.2, 0.25) is 0 Å². The molecule has 0 aliphatic carbocycles. The maximum atomic E-state index is 13.6. The van der Waals surface area contributed by atoms with Crippen molar-refractivity contribution in [2.45, 2.75) is 46.0 Å². The van der Waals surface area contributed by atoms with Gasteiger partial charge in [-0.3, -0.25) is 20.2 Å². The Morgan fingerprint density at radius 1 is 0.588 bits per heavy atom. The SMILES string of the molecule is COC(=O)C1=C(C)NC(C)=C(C(=O)OCCCOC(=O)C2=C(C)NC(C)=C(C(=O)OC)C2c2ccccc2[N+](=O)[O-])C1c1ccccc1[N+](=O)[O-]. The number of hydrogen-bond acceptors (Lipinski definition) is 14. The Balaban J connectivity index is 1.54. The van der Waals surface area contributed by atoms with E-state index in [-0.39, 0.29) is 64.4 Å². The van der Waals surface area contributed by atoms with Gasteiger partial charge in [0.15, 0.2) is 0 Å². The van der Waals surface area contributed by atoms with Gasteiger partial charge in [0.25, 0.3) is 11.4 Å². The summed E-state index contributed by atoms with van der Waals surface area (Å²) < 4.78 is 20.9. The molecule has 0 radical (unpaired) electrons. The van der Waals surface area contributed by atoms with Crippen LogP contribution in [0.2, 0.25) is 0 Å². The van der Waals surface area contributed by atoms with Crippen molar-refractivity contribution in [3.05, 3.63) is 125 Å². The number of hydrogen-bond donors (Lipinski definition) is 2. The van der Waals surface area contributed by atoms with Crippen LogP contribution in [0.4, 0.5) is 11.4 Å². The lowest BCUT2D eigenvalue weighted by Gasteiger charge is -2.30. The van der Waals surface area contributed by atoms with Crippen molar-refractivity contribution in [2.24, 2.45) is 0 Å². The van der Waals surface area contributed by atoms with Crippen molar-refractivity contribution in [3.8, 4) is 0 Å². The summed E-state index contributed by atoms with van der Waals surface area (Å²) in [5.41, 5.74) is 0.705. The zero-order valence-corrected chi connectivity index (χ0v) is 28.7. The zero-order valence-electron chi connectivity index (χ0n) is 28.7. The molecule has 2 unspecified atom stereocenters. The van der Waals surface area contributed by atoms with Crippen LogP contribution in [-0.2, 0) is 38.1 Å². The van der Waals surface area contributed by atoms with E-state index in [4.69, 9.17) is 18.9 Å². The van der Waals surface area contributed by atoms with Gasteiger partial charge in [-0.1, -0.05) is 36.4 Å². The van der Waals surface area contributed by atoms with Crippen molar-refractivity contribution in [3.63, 3.8) is 0 Å². The smallest absolute Gasteiger partial charge is 0.336 e. The van der Waals surface area contributed by atoms with E-state index in [0.717, 1.165) is 14.2 Å². The molecule has 2 aliphatic heterocycles. The fraction of sp³-hybridized carbons (Fsp3) is 0.314. The van der Waals surface area contributed by atoms with E-state index in [1.165, 1.54) is 36.4 Å². The van der Waals surface area contributed by atoms with Crippen LogP contribution in [0.3, 0.4) is 0 Å². The third-order valence-electron chi connectivity index (χ3n) is 8.42. The summed E-state index contributed by atoms with van der Waals surface area (Å²) >= 11 is 0. The van der Waals surface area contributed by atoms with Gasteiger partial charge in [-0.15, -0.1) is 0 Å². The molecule has 2 heterocycles. The Labute approximate surface area is 292 Å². The van der Waals surface area contributed by atoms with E-state index in [0.29, 0.717) is 22.8 Å². The molecule has 16 heteroatoms. The van der Waals surface area contributed by atoms with Gasteiger partial charge in [-0.25, -0.2) is 19.2 Å². The molecule has 4 rings (SSSR count). The van der Waals surface area contributed by atoms with E-state index >= 15 is 0 Å². The highest BCUT2D eigenvalue weighted by atomic mass is 16.6. The van der Waals surface area contributed by atoms with Crippen LogP contribution in [0, 0.1) is 20.2 Å². The number of allylic oxidation sites excluding steroid dienone is 4. The maximum absolute atomic E-state index is 13.6. The van der Waals surface area contributed by atoms with Crippen LogP contribution in [0.15, 0.2) is 93.6 Å². The van der Waals surface area contributed by atoms with Gasteiger partial charge in [-0.05, 0) is 27.7 Å². The Hall–Kier alpha value is -6.32. The first-order chi connectivity index (χ1) is 24.2. The molecule has 0 saturated carbocycles. The molecule has 0 saturated heterocycles. The fourth-order valence-electron chi connectivity index (χ4n) is 6.25. The summed E-state index contributed by atoms with van der Waals surface area (Å²) in [6, 6.07) is 11.4. The molecule has 0 amide bonds. The molecular formula is C35H36N4O12. The quantitative estimate of drug-likeness (QED) is 0.102. The largest absolute Gasteiger partial charge is 0.466 e. The molecule has 0 spiro atoms. The Morgan fingerprint density at radius 2 is 0.902 bits per heavy atom. The summed E-state index contributed by atoms with van der Waals surface area (Å²) in [5, 5.41) is 29.8. The van der Waals surface area contributed by atoms with Crippen LogP contribution in [0.25, 0.3) is 0 Å². The number of nitrogens with one attached hydrogen (secondary N) is 2. The molecule has 16 nitrogen and oxygen atoms in total. The summed E-state index contributed by atoms with van der Waals surface area (Å²) in [6.07, 6.45) is 0.000741. The van der Waals surface area contributed by atoms with E-state index in [9.17, 15) is 39.4 Å². The first kappa shape index (κ1) is 37.5. The minimum atomic E-state index is -1.20. The van der Waals surface area contributed by atoms with Crippen molar-refractivity contribution < 1.29 is 48.0 Å². The normalized spacial score (nSPS) is 17.3. The summed E-state index contributed by atoms with van der Waals surface area (Å²) in [4.78, 5) is 75.6. The number of carbonyl (C=O) groups excluding carboxylic acids is 4. The maximum Gasteiger partial charge on any atom is 0.336 e. The molecule has 0 bridgehead atoms. The lowest BCUT2D eigenvalue weighted by Crippen LogP contribution is -2.33. The molecule has 2 aromatic rings. The van der Waals surface area contributed by atoms with E-state index in [2.05, 4.69) is 10.6 Å². The van der Waals surface area contributed by atoms with Gasteiger partial charge < -0.3 is 29.6 Å². The van der Waals surface area contributed by atoms with Crippen LogP contribution in [-0.4, -0.2) is 61.2 Å². The molecule has 0 aromatic heterocycles. The number of nitrogens with zero attached hydrogens (tertiary/aromatic N) is 2. The summed E-state index contributed by atoms with van der Waals surface area (Å²) in [6.45, 7) is 5.77. The predicted molar refractivity (Wildman–Crippen MR) is 179 cm³/mol.